The van der Waals surface area contributed by atoms with Crippen LogP contribution in [-0.4, -0.2) is 54.9 Å². The first-order valence-corrected chi connectivity index (χ1v) is 9.05. The molecule has 1 aliphatic heterocycles. The number of hydrogen-bond acceptors (Lipinski definition) is 3. The predicted molar refractivity (Wildman–Crippen MR) is 106 cm³/mol. The predicted octanol–water partition coefficient (Wildman–Crippen LogP) is 2.93. The summed E-state index contributed by atoms with van der Waals surface area (Å²) in [4.78, 5) is 28.4. The maximum Gasteiger partial charge on any atom is 0.254 e. The molecule has 0 aromatic heterocycles. The molecule has 0 bridgehead atoms. The number of rotatable bonds is 4. The van der Waals surface area contributed by atoms with Gasteiger partial charge in [-0.3, -0.25) is 9.59 Å². The van der Waals surface area contributed by atoms with E-state index in [0.717, 1.165) is 16.9 Å². The van der Waals surface area contributed by atoms with Gasteiger partial charge in [-0.2, -0.15) is 0 Å². The van der Waals surface area contributed by atoms with Crippen LogP contribution >= 0.6 is 0 Å². The van der Waals surface area contributed by atoms with Crippen LogP contribution in [0.5, 0.6) is 5.75 Å². The highest BCUT2D eigenvalue weighted by Crippen LogP contribution is 2.26. The Morgan fingerprint density at radius 3 is 2.11 bits per heavy atom. The van der Waals surface area contributed by atoms with E-state index in [4.69, 9.17) is 4.74 Å². The van der Waals surface area contributed by atoms with Crippen molar-refractivity contribution in [2.75, 3.05) is 33.3 Å². The zero-order valence-electron chi connectivity index (χ0n) is 15.7. The largest absolute Gasteiger partial charge is 0.496 e. The smallest absolute Gasteiger partial charge is 0.254 e. The Labute approximate surface area is 159 Å². The van der Waals surface area contributed by atoms with E-state index in [1.54, 1.807) is 18.9 Å². The Morgan fingerprint density at radius 1 is 0.889 bits per heavy atom. The minimum atomic E-state index is -0.0321. The number of benzene rings is 2. The number of hydrogen-bond donors (Lipinski definition) is 0. The monoisotopic (exact) mass is 364 g/mol. The van der Waals surface area contributed by atoms with Crippen molar-refractivity contribution in [1.29, 1.82) is 0 Å². The maximum absolute atomic E-state index is 13.3. The van der Waals surface area contributed by atoms with Gasteiger partial charge in [0.15, 0.2) is 0 Å². The highest BCUT2D eigenvalue weighted by molar-refractivity contribution is 6.24. The molecule has 3 rings (SSSR count). The quantitative estimate of drug-likeness (QED) is 0.619. The molecule has 1 fully saturated rings. The lowest BCUT2D eigenvalue weighted by atomic mass is 10.0. The van der Waals surface area contributed by atoms with E-state index in [0.29, 0.717) is 31.8 Å². The summed E-state index contributed by atoms with van der Waals surface area (Å²) in [7, 11) is 1.62. The molecule has 5 heteroatoms. The molecule has 27 heavy (non-hydrogen) atoms. The van der Waals surface area contributed by atoms with Crippen molar-refractivity contribution in [1.82, 2.24) is 9.80 Å². The highest BCUT2D eigenvalue weighted by Gasteiger charge is 2.25. The van der Waals surface area contributed by atoms with Gasteiger partial charge in [0.2, 0.25) is 5.91 Å². The summed E-state index contributed by atoms with van der Waals surface area (Å²) < 4.78 is 5.43. The van der Waals surface area contributed by atoms with Crippen molar-refractivity contribution in [3.63, 3.8) is 0 Å². The van der Waals surface area contributed by atoms with Crippen LogP contribution in [0.15, 0.2) is 54.6 Å². The van der Waals surface area contributed by atoms with Crippen LogP contribution in [0.3, 0.4) is 0 Å². The fourth-order valence-corrected chi connectivity index (χ4v) is 3.22. The summed E-state index contributed by atoms with van der Waals surface area (Å²) in [6, 6.07) is 17.3. The molecule has 0 radical (unpaired) electrons. The first-order chi connectivity index (χ1) is 13.1. The second-order valence-corrected chi connectivity index (χ2v) is 6.46. The van der Waals surface area contributed by atoms with Crippen molar-refractivity contribution in [3.05, 3.63) is 65.7 Å². The van der Waals surface area contributed by atoms with E-state index in [1.807, 2.05) is 65.6 Å². The molecular formula is C22H24N2O3. The average Bonchev–Trinajstić information content (AvgIpc) is 2.72. The summed E-state index contributed by atoms with van der Waals surface area (Å²) in [5.41, 5.74) is 2.34. The molecule has 1 heterocycles. The zero-order valence-corrected chi connectivity index (χ0v) is 15.7. The van der Waals surface area contributed by atoms with Gasteiger partial charge in [0.25, 0.3) is 5.91 Å². The van der Waals surface area contributed by atoms with Crippen LogP contribution in [0.1, 0.15) is 18.1 Å². The molecule has 2 amide bonds. The molecule has 2 aromatic carbocycles. The normalized spacial score (nSPS) is 14.8. The number of nitrogens with zero attached hydrogens (tertiary/aromatic N) is 2. The Kier molecular flexibility index (Phi) is 5.91. The summed E-state index contributed by atoms with van der Waals surface area (Å²) in [5.74, 6) is 0.741. The molecule has 140 valence electrons. The van der Waals surface area contributed by atoms with Crippen LogP contribution in [0.4, 0.5) is 0 Å². The highest BCUT2D eigenvalue weighted by atomic mass is 16.5. The van der Waals surface area contributed by atoms with Gasteiger partial charge in [0, 0.05) is 44.2 Å². The molecule has 1 aliphatic rings. The lowest BCUT2D eigenvalue weighted by Gasteiger charge is -2.34. The van der Waals surface area contributed by atoms with Crippen LogP contribution in [-0.2, 0) is 9.59 Å². The standard InChI is InChI=1S/C22H24N2O3/c1-17(25)23-12-14-24(15-13-23)22(26)20(18-8-4-3-5-9-18)16-19-10-6-7-11-21(19)27-2/h3-11,16H,12-15H2,1-2H3/b20-16+. The van der Waals surface area contributed by atoms with Crippen molar-refractivity contribution in [2.24, 2.45) is 0 Å². The molecule has 1 saturated heterocycles. The van der Waals surface area contributed by atoms with Gasteiger partial charge in [-0.1, -0.05) is 48.5 Å². The maximum atomic E-state index is 13.3. The number of methoxy groups -OCH3 is 1. The van der Waals surface area contributed by atoms with Crippen LogP contribution in [0.25, 0.3) is 11.6 Å². The van der Waals surface area contributed by atoms with E-state index in [-0.39, 0.29) is 11.8 Å². The summed E-state index contributed by atoms with van der Waals surface area (Å²) in [6.45, 7) is 3.77. The Morgan fingerprint density at radius 2 is 1.48 bits per heavy atom. The van der Waals surface area contributed by atoms with Gasteiger partial charge < -0.3 is 14.5 Å². The van der Waals surface area contributed by atoms with Crippen molar-refractivity contribution in [3.8, 4) is 5.75 Å². The Hall–Kier alpha value is -3.08. The molecule has 0 unspecified atom stereocenters. The molecule has 0 saturated carbocycles. The second kappa shape index (κ2) is 8.54. The van der Waals surface area contributed by atoms with E-state index >= 15 is 0 Å². The number of piperazine rings is 1. The topological polar surface area (TPSA) is 49.9 Å². The molecule has 2 aromatic rings. The van der Waals surface area contributed by atoms with Crippen molar-refractivity contribution in [2.45, 2.75) is 6.92 Å². The lowest BCUT2D eigenvalue weighted by Crippen LogP contribution is -2.50. The fraction of sp³-hybridized carbons (Fsp3) is 0.273. The Bertz CT molecular complexity index is 838. The Balaban J connectivity index is 1.93. The number of amides is 2. The van der Waals surface area contributed by atoms with E-state index in [1.165, 1.54) is 0 Å². The molecule has 0 atom stereocenters. The average molecular weight is 364 g/mol. The van der Waals surface area contributed by atoms with Crippen LogP contribution < -0.4 is 4.74 Å². The van der Waals surface area contributed by atoms with Crippen LogP contribution in [0, 0.1) is 0 Å². The lowest BCUT2D eigenvalue weighted by molar-refractivity contribution is -0.135. The van der Waals surface area contributed by atoms with E-state index < -0.39 is 0 Å². The van der Waals surface area contributed by atoms with E-state index in [9.17, 15) is 9.59 Å². The SMILES string of the molecule is COc1ccccc1/C=C(/C(=O)N1CCN(C(C)=O)CC1)c1ccccc1. The molecular weight excluding hydrogens is 340 g/mol. The summed E-state index contributed by atoms with van der Waals surface area (Å²) >= 11 is 0. The third-order valence-corrected chi connectivity index (χ3v) is 4.77. The number of carbonyl (C=O) groups excluding carboxylic acids is 2. The van der Waals surface area contributed by atoms with Crippen molar-refractivity contribution < 1.29 is 14.3 Å². The minimum absolute atomic E-state index is 0.0321. The van der Waals surface area contributed by atoms with Crippen LogP contribution in [0.2, 0.25) is 0 Å². The second-order valence-electron chi connectivity index (χ2n) is 6.46. The summed E-state index contributed by atoms with van der Waals surface area (Å²) in [6.07, 6.45) is 1.88. The van der Waals surface area contributed by atoms with Crippen molar-refractivity contribution >= 4 is 23.5 Å². The molecule has 0 spiro atoms. The van der Waals surface area contributed by atoms with Gasteiger partial charge in [0.05, 0.1) is 7.11 Å². The molecule has 5 nitrogen and oxygen atoms in total. The fourth-order valence-electron chi connectivity index (χ4n) is 3.22. The van der Waals surface area contributed by atoms with Gasteiger partial charge >= 0.3 is 0 Å². The minimum Gasteiger partial charge on any atom is -0.496 e. The third kappa shape index (κ3) is 4.37. The molecule has 0 aliphatic carbocycles. The van der Waals surface area contributed by atoms with Gasteiger partial charge in [-0.15, -0.1) is 0 Å². The first kappa shape index (κ1) is 18.7. The number of para-hydroxylation sites is 1. The van der Waals surface area contributed by atoms with Gasteiger partial charge in [-0.05, 0) is 17.7 Å². The van der Waals surface area contributed by atoms with E-state index in [2.05, 4.69) is 0 Å². The van der Waals surface area contributed by atoms with Gasteiger partial charge in [0.1, 0.15) is 5.75 Å². The summed E-state index contributed by atoms with van der Waals surface area (Å²) in [5, 5.41) is 0. The first-order valence-electron chi connectivity index (χ1n) is 9.05. The number of carbonyl (C=O) groups is 2. The van der Waals surface area contributed by atoms with Gasteiger partial charge in [-0.25, -0.2) is 0 Å². The number of ether oxygens (including phenoxy) is 1. The zero-order chi connectivity index (χ0) is 19.2. The third-order valence-electron chi connectivity index (χ3n) is 4.77. The molecule has 0 N–H and O–H groups in total.